The minimum atomic E-state index is -1.27. The third-order valence-corrected chi connectivity index (χ3v) is 7.52. The molecule has 2 heterocycles. The van der Waals surface area contributed by atoms with Gasteiger partial charge in [0.15, 0.2) is 12.6 Å². The molecule has 2 saturated heterocycles. The van der Waals surface area contributed by atoms with Gasteiger partial charge in [-0.3, -0.25) is 0 Å². The maximum atomic E-state index is 11.2. The summed E-state index contributed by atoms with van der Waals surface area (Å²) in [5.41, 5.74) is 2.97. The van der Waals surface area contributed by atoms with Crippen LogP contribution < -0.4 is 0 Å². The van der Waals surface area contributed by atoms with Crippen LogP contribution in [0.3, 0.4) is 0 Å². The SMILES string of the molecule is C[C@@H]1O[C@@H](OC[C@H]2O[C@@H](O)[C@H](OCc3ccccc3)[C@@H](OCc3ccccc3)[C@@H]2OCc2ccccc2)CC[C@@H]1O. The number of hydrogen-bond donors (Lipinski definition) is 2. The predicted octanol–water partition coefficient (Wildman–Crippen LogP) is 4.36. The van der Waals surface area contributed by atoms with Crippen LogP contribution in [0.2, 0.25) is 0 Å². The molecule has 0 spiro atoms. The molecule has 8 heteroatoms. The lowest BCUT2D eigenvalue weighted by atomic mass is 9.98. The van der Waals surface area contributed by atoms with Crippen molar-refractivity contribution in [3.63, 3.8) is 0 Å². The van der Waals surface area contributed by atoms with E-state index in [9.17, 15) is 10.2 Å². The minimum Gasteiger partial charge on any atom is -0.390 e. The zero-order valence-corrected chi connectivity index (χ0v) is 23.4. The highest BCUT2D eigenvalue weighted by atomic mass is 16.7. The second-order valence-electron chi connectivity index (χ2n) is 10.6. The molecule has 8 nitrogen and oxygen atoms in total. The van der Waals surface area contributed by atoms with E-state index in [1.54, 1.807) is 0 Å². The summed E-state index contributed by atoms with van der Waals surface area (Å²) in [6.07, 6.45) is -4.18. The van der Waals surface area contributed by atoms with Gasteiger partial charge in [-0.1, -0.05) is 91.0 Å². The maximum absolute atomic E-state index is 11.2. The van der Waals surface area contributed by atoms with Crippen LogP contribution in [0.25, 0.3) is 0 Å². The second-order valence-corrected chi connectivity index (χ2v) is 10.6. The largest absolute Gasteiger partial charge is 0.390 e. The highest BCUT2D eigenvalue weighted by Gasteiger charge is 2.48. The molecule has 3 aromatic rings. The zero-order chi connectivity index (χ0) is 28.4. The molecule has 220 valence electrons. The van der Waals surface area contributed by atoms with Crippen LogP contribution in [0.4, 0.5) is 0 Å². The summed E-state index contributed by atoms with van der Waals surface area (Å²) in [5.74, 6) is 0. The van der Waals surface area contributed by atoms with Gasteiger partial charge in [-0.05, 0) is 30.0 Å². The summed E-state index contributed by atoms with van der Waals surface area (Å²) in [6, 6.07) is 29.5. The number of aliphatic hydroxyl groups is 2. The van der Waals surface area contributed by atoms with E-state index >= 15 is 0 Å². The molecule has 2 N–H and O–H groups in total. The zero-order valence-electron chi connectivity index (χ0n) is 23.4. The van der Waals surface area contributed by atoms with E-state index in [0.29, 0.717) is 26.1 Å². The van der Waals surface area contributed by atoms with Crippen LogP contribution in [0.5, 0.6) is 0 Å². The van der Waals surface area contributed by atoms with Crippen LogP contribution in [-0.4, -0.2) is 66.0 Å². The van der Waals surface area contributed by atoms with Gasteiger partial charge in [-0.25, -0.2) is 0 Å². The Morgan fingerprint density at radius 2 is 1.10 bits per heavy atom. The third kappa shape index (κ3) is 8.44. The third-order valence-electron chi connectivity index (χ3n) is 7.52. The minimum absolute atomic E-state index is 0.112. The molecule has 0 saturated carbocycles. The topological polar surface area (TPSA) is 95.8 Å². The van der Waals surface area contributed by atoms with E-state index in [1.165, 1.54) is 0 Å². The van der Waals surface area contributed by atoms with Gasteiger partial charge in [0.1, 0.15) is 24.4 Å². The van der Waals surface area contributed by atoms with E-state index in [0.717, 1.165) is 16.7 Å². The van der Waals surface area contributed by atoms with Crippen molar-refractivity contribution in [3.05, 3.63) is 108 Å². The molecule has 0 amide bonds. The smallest absolute Gasteiger partial charge is 0.184 e. The molecule has 5 rings (SSSR count). The summed E-state index contributed by atoms with van der Waals surface area (Å²) >= 11 is 0. The molecule has 2 fully saturated rings. The van der Waals surface area contributed by atoms with Gasteiger partial charge >= 0.3 is 0 Å². The van der Waals surface area contributed by atoms with Crippen LogP contribution in [0.1, 0.15) is 36.5 Å². The van der Waals surface area contributed by atoms with Crippen molar-refractivity contribution in [2.24, 2.45) is 0 Å². The van der Waals surface area contributed by atoms with E-state index in [1.807, 2.05) is 97.9 Å². The van der Waals surface area contributed by atoms with Gasteiger partial charge < -0.3 is 38.6 Å². The fourth-order valence-corrected chi connectivity index (χ4v) is 5.16. The molecule has 2 aliphatic heterocycles. The average Bonchev–Trinajstić information content (AvgIpc) is 3.01. The normalized spacial score (nSPS) is 30.2. The van der Waals surface area contributed by atoms with Gasteiger partial charge in [0, 0.05) is 6.42 Å². The lowest BCUT2D eigenvalue weighted by Gasteiger charge is -2.45. The molecular formula is C33H40O8. The Labute approximate surface area is 241 Å². The van der Waals surface area contributed by atoms with Crippen molar-refractivity contribution in [1.29, 1.82) is 0 Å². The van der Waals surface area contributed by atoms with E-state index in [-0.39, 0.29) is 19.3 Å². The monoisotopic (exact) mass is 564 g/mol. The Balaban J connectivity index is 1.35. The first-order valence-electron chi connectivity index (χ1n) is 14.3. The Kier molecular flexibility index (Phi) is 10.9. The van der Waals surface area contributed by atoms with Crippen molar-refractivity contribution < 1.29 is 38.6 Å². The van der Waals surface area contributed by atoms with Gasteiger partial charge in [-0.2, -0.15) is 0 Å². The average molecular weight is 565 g/mol. The molecule has 41 heavy (non-hydrogen) atoms. The molecule has 2 aliphatic rings. The summed E-state index contributed by atoms with van der Waals surface area (Å²) in [4.78, 5) is 0. The van der Waals surface area contributed by atoms with Crippen LogP contribution >= 0.6 is 0 Å². The van der Waals surface area contributed by atoms with Crippen LogP contribution in [-0.2, 0) is 48.2 Å². The van der Waals surface area contributed by atoms with Crippen molar-refractivity contribution >= 4 is 0 Å². The molecule has 0 radical (unpaired) electrons. The van der Waals surface area contributed by atoms with Crippen molar-refractivity contribution in [2.75, 3.05) is 6.61 Å². The predicted molar refractivity (Wildman–Crippen MR) is 151 cm³/mol. The Morgan fingerprint density at radius 3 is 1.61 bits per heavy atom. The van der Waals surface area contributed by atoms with Gasteiger partial charge in [0.2, 0.25) is 0 Å². The fourth-order valence-electron chi connectivity index (χ4n) is 5.16. The maximum Gasteiger partial charge on any atom is 0.184 e. The fraction of sp³-hybridized carbons (Fsp3) is 0.455. The van der Waals surface area contributed by atoms with E-state index < -0.39 is 43.1 Å². The Bertz CT molecular complexity index is 1150. The lowest BCUT2D eigenvalue weighted by molar-refractivity contribution is -0.325. The molecule has 0 aliphatic carbocycles. The standard InChI is InChI=1S/C33H40O8/c1-23-27(34)17-18-29(40-23)36-22-28-30(37-19-24-11-5-2-6-12-24)31(38-20-25-13-7-3-8-14-25)32(33(35)41-28)39-21-26-15-9-4-10-16-26/h2-16,23,27-35H,17-22H2,1H3/t23-,27-,28+,29+,30+,31-,32+,33+/m0/s1. The number of ether oxygens (including phenoxy) is 6. The quantitative estimate of drug-likeness (QED) is 0.335. The molecule has 0 aromatic heterocycles. The number of aliphatic hydroxyl groups excluding tert-OH is 2. The number of rotatable bonds is 12. The molecular weight excluding hydrogens is 524 g/mol. The summed E-state index contributed by atoms with van der Waals surface area (Å²) in [7, 11) is 0. The number of hydrogen-bond acceptors (Lipinski definition) is 8. The highest BCUT2D eigenvalue weighted by Crippen LogP contribution is 2.31. The van der Waals surface area contributed by atoms with Crippen LogP contribution in [0.15, 0.2) is 91.0 Å². The van der Waals surface area contributed by atoms with Crippen molar-refractivity contribution in [1.82, 2.24) is 0 Å². The van der Waals surface area contributed by atoms with E-state index in [4.69, 9.17) is 28.4 Å². The van der Waals surface area contributed by atoms with Crippen molar-refractivity contribution in [3.8, 4) is 0 Å². The van der Waals surface area contributed by atoms with Gasteiger partial charge in [0.25, 0.3) is 0 Å². The lowest BCUT2D eigenvalue weighted by Crippen LogP contribution is -2.61. The van der Waals surface area contributed by atoms with Crippen LogP contribution in [0, 0.1) is 0 Å². The molecule has 0 unspecified atom stereocenters. The highest BCUT2D eigenvalue weighted by molar-refractivity contribution is 5.15. The van der Waals surface area contributed by atoms with Gasteiger partial charge in [0.05, 0.1) is 38.6 Å². The second kappa shape index (κ2) is 15.0. The summed E-state index contributed by atoms with van der Waals surface area (Å²) in [6.45, 7) is 2.85. The van der Waals surface area contributed by atoms with E-state index in [2.05, 4.69) is 0 Å². The van der Waals surface area contributed by atoms with Gasteiger partial charge in [-0.15, -0.1) is 0 Å². The number of benzene rings is 3. The first-order chi connectivity index (χ1) is 20.1. The molecule has 8 atom stereocenters. The van der Waals surface area contributed by atoms with Crippen molar-refractivity contribution in [2.45, 2.75) is 88.8 Å². The molecule has 0 bridgehead atoms. The Hall–Kier alpha value is -2.66. The first kappa shape index (κ1) is 29.8. The first-order valence-corrected chi connectivity index (χ1v) is 14.3. The summed E-state index contributed by atoms with van der Waals surface area (Å²) in [5, 5.41) is 21.2. The summed E-state index contributed by atoms with van der Waals surface area (Å²) < 4.78 is 37.3. The molecule has 3 aromatic carbocycles. The Morgan fingerprint density at radius 1 is 0.610 bits per heavy atom.